The third kappa shape index (κ3) is 3.14. The van der Waals surface area contributed by atoms with Gasteiger partial charge in [-0.05, 0) is 52.7 Å². The summed E-state index contributed by atoms with van der Waals surface area (Å²) in [4.78, 5) is 12.1. The molecule has 0 unspecified atom stereocenters. The minimum Gasteiger partial charge on any atom is -0.319 e. The molecule has 0 aromatic heterocycles. The van der Waals surface area contributed by atoms with Crippen molar-refractivity contribution in [1.82, 2.24) is 0 Å². The molecule has 0 atom stereocenters. The monoisotopic (exact) mass is 341 g/mol. The first-order chi connectivity index (χ1) is 8.99. The summed E-state index contributed by atoms with van der Waals surface area (Å²) in [6.45, 7) is 1.92. The SMILES string of the molecule is Cc1ccc(C(=O)Nc2cccc(Cl)c2F)c(Br)c1. The Morgan fingerprint density at radius 2 is 2.05 bits per heavy atom. The van der Waals surface area contributed by atoms with Gasteiger partial charge in [0.15, 0.2) is 5.82 Å². The molecule has 2 nitrogen and oxygen atoms in total. The van der Waals surface area contributed by atoms with Crippen molar-refractivity contribution in [3.05, 3.63) is 62.8 Å². The number of nitrogens with one attached hydrogen (secondary N) is 1. The maximum absolute atomic E-state index is 13.7. The van der Waals surface area contributed by atoms with Gasteiger partial charge in [-0.3, -0.25) is 4.79 Å². The van der Waals surface area contributed by atoms with Crippen LogP contribution in [0.3, 0.4) is 0 Å². The highest BCUT2D eigenvalue weighted by molar-refractivity contribution is 9.10. The number of carbonyl (C=O) groups excluding carboxylic acids is 1. The molecule has 0 heterocycles. The molecular formula is C14H10BrClFNO. The van der Waals surface area contributed by atoms with Gasteiger partial charge in [-0.25, -0.2) is 4.39 Å². The van der Waals surface area contributed by atoms with Crippen molar-refractivity contribution < 1.29 is 9.18 Å². The van der Waals surface area contributed by atoms with Crippen LogP contribution in [0, 0.1) is 12.7 Å². The molecule has 98 valence electrons. The van der Waals surface area contributed by atoms with Crippen LogP contribution >= 0.6 is 27.5 Å². The van der Waals surface area contributed by atoms with Crippen molar-refractivity contribution >= 4 is 39.1 Å². The minimum atomic E-state index is -0.638. The van der Waals surface area contributed by atoms with Crippen LogP contribution in [-0.4, -0.2) is 5.91 Å². The molecule has 19 heavy (non-hydrogen) atoms. The van der Waals surface area contributed by atoms with Gasteiger partial charge in [-0.2, -0.15) is 0 Å². The van der Waals surface area contributed by atoms with E-state index in [-0.39, 0.29) is 10.7 Å². The van der Waals surface area contributed by atoms with E-state index in [1.807, 2.05) is 19.1 Å². The largest absolute Gasteiger partial charge is 0.319 e. The van der Waals surface area contributed by atoms with E-state index in [0.717, 1.165) is 5.56 Å². The van der Waals surface area contributed by atoms with E-state index in [1.165, 1.54) is 12.1 Å². The van der Waals surface area contributed by atoms with Crippen LogP contribution in [0.2, 0.25) is 5.02 Å². The lowest BCUT2D eigenvalue weighted by Crippen LogP contribution is -2.13. The molecule has 0 aliphatic rings. The lowest BCUT2D eigenvalue weighted by atomic mass is 10.1. The highest BCUT2D eigenvalue weighted by Crippen LogP contribution is 2.24. The summed E-state index contributed by atoms with van der Waals surface area (Å²) in [5.41, 5.74) is 1.52. The molecule has 0 fully saturated rings. The lowest BCUT2D eigenvalue weighted by Gasteiger charge is -2.09. The van der Waals surface area contributed by atoms with Gasteiger partial charge >= 0.3 is 0 Å². The Morgan fingerprint density at radius 3 is 2.74 bits per heavy atom. The highest BCUT2D eigenvalue weighted by atomic mass is 79.9. The fraction of sp³-hybridized carbons (Fsp3) is 0.0714. The zero-order valence-corrected chi connectivity index (χ0v) is 12.3. The first kappa shape index (κ1) is 14.0. The minimum absolute atomic E-state index is 0.0271. The van der Waals surface area contributed by atoms with E-state index in [0.29, 0.717) is 10.0 Å². The molecule has 0 saturated carbocycles. The molecule has 0 saturated heterocycles. The van der Waals surface area contributed by atoms with Gasteiger partial charge in [-0.15, -0.1) is 0 Å². The van der Waals surface area contributed by atoms with Crippen molar-refractivity contribution in [2.75, 3.05) is 5.32 Å². The number of rotatable bonds is 2. The molecule has 0 aliphatic carbocycles. The zero-order chi connectivity index (χ0) is 14.0. The molecule has 2 rings (SSSR count). The molecule has 1 amide bonds. The molecule has 1 N–H and O–H groups in total. The molecule has 5 heteroatoms. The molecule has 0 aliphatic heterocycles. The van der Waals surface area contributed by atoms with Crippen LogP contribution in [-0.2, 0) is 0 Å². The molecule has 0 spiro atoms. The van der Waals surface area contributed by atoms with Crippen molar-refractivity contribution in [2.45, 2.75) is 6.92 Å². The molecule has 2 aromatic rings. The maximum Gasteiger partial charge on any atom is 0.256 e. The van der Waals surface area contributed by atoms with Crippen LogP contribution in [0.15, 0.2) is 40.9 Å². The normalized spacial score (nSPS) is 10.3. The topological polar surface area (TPSA) is 29.1 Å². The molecule has 0 bridgehead atoms. The van der Waals surface area contributed by atoms with Gasteiger partial charge in [-0.1, -0.05) is 23.7 Å². The first-order valence-corrected chi connectivity index (χ1v) is 6.67. The zero-order valence-electron chi connectivity index (χ0n) is 10.0. The number of halogens is 3. The standard InChI is InChI=1S/C14H10BrClFNO/c1-8-5-6-9(10(15)7-8)14(19)18-12-4-2-3-11(16)13(12)17/h2-7H,1H3,(H,18,19). The highest BCUT2D eigenvalue weighted by Gasteiger charge is 2.13. The summed E-state index contributed by atoms with van der Waals surface area (Å²) in [7, 11) is 0. The van der Waals surface area contributed by atoms with Crippen LogP contribution in [0.4, 0.5) is 10.1 Å². The molecular weight excluding hydrogens is 333 g/mol. The van der Waals surface area contributed by atoms with E-state index in [4.69, 9.17) is 11.6 Å². The Labute approximate surface area is 123 Å². The second-order valence-corrected chi connectivity index (χ2v) is 5.30. The Balaban J connectivity index is 2.28. The van der Waals surface area contributed by atoms with E-state index in [2.05, 4.69) is 21.2 Å². The summed E-state index contributed by atoms with van der Waals surface area (Å²) in [6, 6.07) is 9.77. The maximum atomic E-state index is 13.7. The number of benzene rings is 2. The smallest absolute Gasteiger partial charge is 0.256 e. The molecule has 2 aromatic carbocycles. The number of hydrogen-bond donors (Lipinski definition) is 1. The Hall–Kier alpha value is -1.39. The van der Waals surface area contributed by atoms with Crippen LogP contribution < -0.4 is 5.32 Å². The average Bonchev–Trinajstić information content (AvgIpc) is 2.34. The Morgan fingerprint density at radius 1 is 1.32 bits per heavy atom. The van der Waals surface area contributed by atoms with E-state index >= 15 is 0 Å². The van der Waals surface area contributed by atoms with Crippen molar-refractivity contribution in [1.29, 1.82) is 0 Å². The number of anilines is 1. The van der Waals surface area contributed by atoms with E-state index in [1.54, 1.807) is 12.1 Å². The van der Waals surface area contributed by atoms with Crippen LogP contribution in [0.25, 0.3) is 0 Å². The van der Waals surface area contributed by atoms with Gasteiger partial charge in [0.1, 0.15) is 0 Å². The van der Waals surface area contributed by atoms with Gasteiger partial charge in [0.05, 0.1) is 16.3 Å². The summed E-state index contributed by atoms with van der Waals surface area (Å²) in [5, 5.41) is 2.47. The van der Waals surface area contributed by atoms with Crippen molar-refractivity contribution in [2.24, 2.45) is 0 Å². The second kappa shape index (κ2) is 5.72. The lowest BCUT2D eigenvalue weighted by molar-refractivity contribution is 0.102. The number of carbonyl (C=O) groups is 1. The number of aryl methyl sites for hydroxylation is 1. The third-order valence-electron chi connectivity index (χ3n) is 2.57. The summed E-state index contributed by atoms with van der Waals surface area (Å²) in [6.07, 6.45) is 0. The van der Waals surface area contributed by atoms with E-state index in [9.17, 15) is 9.18 Å². The van der Waals surface area contributed by atoms with Gasteiger partial charge in [0.2, 0.25) is 0 Å². The Kier molecular flexibility index (Phi) is 4.22. The fourth-order valence-electron chi connectivity index (χ4n) is 1.59. The summed E-state index contributed by atoms with van der Waals surface area (Å²) < 4.78 is 14.3. The average molecular weight is 343 g/mol. The summed E-state index contributed by atoms with van der Waals surface area (Å²) in [5.74, 6) is -1.03. The van der Waals surface area contributed by atoms with Crippen molar-refractivity contribution in [3.8, 4) is 0 Å². The Bertz CT molecular complexity index is 645. The number of amides is 1. The third-order valence-corrected chi connectivity index (χ3v) is 3.52. The van der Waals surface area contributed by atoms with E-state index < -0.39 is 11.7 Å². The van der Waals surface area contributed by atoms with Gasteiger partial charge < -0.3 is 5.32 Å². The van der Waals surface area contributed by atoms with Gasteiger partial charge in [0, 0.05) is 4.47 Å². The van der Waals surface area contributed by atoms with Crippen LogP contribution in [0.5, 0.6) is 0 Å². The van der Waals surface area contributed by atoms with Crippen molar-refractivity contribution in [3.63, 3.8) is 0 Å². The van der Waals surface area contributed by atoms with Crippen LogP contribution in [0.1, 0.15) is 15.9 Å². The quantitative estimate of drug-likeness (QED) is 0.834. The molecule has 0 radical (unpaired) electrons. The predicted molar refractivity (Wildman–Crippen MR) is 78.2 cm³/mol. The number of hydrogen-bond acceptors (Lipinski definition) is 1. The fourth-order valence-corrected chi connectivity index (χ4v) is 2.44. The first-order valence-electron chi connectivity index (χ1n) is 5.50. The second-order valence-electron chi connectivity index (χ2n) is 4.04. The van der Waals surface area contributed by atoms with Gasteiger partial charge in [0.25, 0.3) is 5.91 Å². The predicted octanol–water partition coefficient (Wildman–Crippen LogP) is 4.80. The summed E-state index contributed by atoms with van der Waals surface area (Å²) >= 11 is 8.97.